The van der Waals surface area contributed by atoms with Crippen molar-refractivity contribution < 1.29 is 13.9 Å². The highest BCUT2D eigenvalue weighted by Gasteiger charge is 2.29. The molecule has 1 aromatic carbocycles. The summed E-state index contributed by atoms with van der Waals surface area (Å²) in [4.78, 5) is 14.1. The van der Waals surface area contributed by atoms with Crippen LogP contribution in [0.4, 0.5) is 0 Å². The Labute approximate surface area is 151 Å². The van der Waals surface area contributed by atoms with Gasteiger partial charge in [-0.25, -0.2) is 4.68 Å². The largest absolute Gasteiger partial charge is 0.459 e. The number of likely N-dealkylation sites (tertiary alicyclic amines) is 1. The van der Waals surface area contributed by atoms with Crippen LogP contribution in [0.1, 0.15) is 34.3 Å². The summed E-state index contributed by atoms with van der Waals surface area (Å²) in [5.74, 6) is 0.295. The Morgan fingerprint density at radius 2 is 2.08 bits per heavy atom. The van der Waals surface area contributed by atoms with Crippen LogP contribution >= 0.6 is 0 Å². The molecule has 26 heavy (non-hydrogen) atoms. The molecule has 7 nitrogen and oxygen atoms in total. The van der Waals surface area contributed by atoms with Crippen molar-refractivity contribution in [2.45, 2.75) is 25.7 Å². The number of benzene rings is 1. The van der Waals surface area contributed by atoms with E-state index in [-0.39, 0.29) is 11.9 Å². The first-order valence-corrected chi connectivity index (χ1v) is 8.65. The first-order chi connectivity index (χ1) is 12.8. The number of nitrogens with zero attached hydrogens (tertiary/aromatic N) is 4. The number of amides is 1. The minimum absolute atomic E-state index is 0.0796. The molecule has 1 amide bonds. The lowest BCUT2D eigenvalue weighted by molar-refractivity contribution is 0.0755. The highest BCUT2D eigenvalue weighted by Crippen LogP contribution is 2.22. The SMILES string of the molecule is O=C(c1ccco1)N1CCC(n2cc(COCc3ccccc3)nn2)C1. The van der Waals surface area contributed by atoms with Gasteiger partial charge in [0.1, 0.15) is 5.69 Å². The van der Waals surface area contributed by atoms with Crippen molar-refractivity contribution in [1.82, 2.24) is 19.9 Å². The van der Waals surface area contributed by atoms with Gasteiger partial charge in [-0.1, -0.05) is 35.5 Å². The normalized spacial score (nSPS) is 16.9. The summed E-state index contributed by atoms with van der Waals surface area (Å²) >= 11 is 0. The van der Waals surface area contributed by atoms with E-state index in [0.717, 1.165) is 17.7 Å². The average Bonchev–Trinajstić information content (AvgIpc) is 3.42. The highest BCUT2D eigenvalue weighted by atomic mass is 16.5. The minimum atomic E-state index is -0.0796. The Kier molecular flexibility index (Phi) is 4.79. The van der Waals surface area contributed by atoms with E-state index in [9.17, 15) is 4.79 Å². The van der Waals surface area contributed by atoms with Crippen LogP contribution in [-0.2, 0) is 18.0 Å². The van der Waals surface area contributed by atoms with Gasteiger partial charge in [0.2, 0.25) is 0 Å². The minimum Gasteiger partial charge on any atom is -0.459 e. The van der Waals surface area contributed by atoms with E-state index < -0.39 is 0 Å². The average molecular weight is 352 g/mol. The van der Waals surface area contributed by atoms with Gasteiger partial charge in [0.15, 0.2) is 5.76 Å². The molecule has 1 aliphatic heterocycles. The van der Waals surface area contributed by atoms with Gasteiger partial charge in [-0.15, -0.1) is 5.10 Å². The molecule has 4 rings (SSSR count). The van der Waals surface area contributed by atoms with E-state index in [1.54, 1.807) is 17.0 Å². The van der Waals surface area contributed by atoms with Crippen LogP contribution in [0.3, 0.4) is 0 Å². The molecule has 1 saturated heterocycles. The third-order valence-corrected chi connectivity index (χ3v) is 4.48. The Morgan fingerprint density at radius 3 is 2.88 bits per heavy atom. The van der Waals surface area contributed by atoms with Crippen LogP contribution in [0.2, 0.25) is 0 Å². The van der Waals surface area contributed by atoms with Crippen molar-refractivity contribution in [3.05, 3.63) is 71.9 Å². The van der Waals surface area contributed by atoms with Gasteiger partial charge >= 0.3 is 0 Å². The molecule has 0 aliphatic carbocycles. The van der Waals surface area contributed by atoms with Crippen LogP contribution < -0.4 is 0 Å². The van der Waals surface area contributed by atoms with Gasteiger partial charge in [-0.3, -0.25) is 4.79 Å². The quantitative estimate of drug-likeness (QED) is 0.682. The third-order valence-electron chi connectivity index (χ3n) is 4.48. The molecule has 0 bridgehead atoms. The van der Waals surface area contributed by atoms with Crippen molar-refractivity contribution in [3.8, 4) is 0 Å². The summed E-state index contributed by atoms with van der Waals surface area (Å²) in [6, 6.07) is 13.6. The molecule has 134 valence electrons. The molecule has 1 fully saturated rings. The van der Waals surface area contributed by atoms with E-state index in [4.69, 9.17) is 9.15 Å². The molecule has 1 unspecified atom stereocenters. The lowest BCUT2D eigenvalue weighted by atomic mass is 10.2. The van der Waals surface area contributed by atoms with Gasteiger partial charge < -0.3 is 14.1 Å². The third kappa shape index (κ3) is 3.67. The summed E-state index contributed by atoms with van der Waals surface area (Å²) in [7, 11) is 0. The molecule has 1 atom stereocenters. The summed E-state index contributed by atoms with van der Waals surface area (Å²) in [5.41, 5.74) is 1.92. The molecule has 1 aliphatic rings. The van der Waals surface area contributed by atoms with Gasteiger partial charge in [0.25, 0.3) is 5.91 Å². The summed E-state index contributed by atoms with van der Waals surface area (Å²) in [5, 5.41) is 8.38. The van der Waals surface area contributed by atoms with Gasteiger partial charge in [0.05, 0.1) is 31.7 Å². The van der Waals surface area contributed by atoms with Crippen molar-refractivity contribution in [2.75, 3.05) is 13.1 Å². The fourth-order valence-electron chi connectivity index (χ4n) is 3.10. The number of carbonyl (C=O) groups is 1. The smallest absolute Gasteiger partial charge is 0.289 e. The molecule has 3 aromatic rings. The maximum atomic E-state index is 12.3. The maximum Gasteiger partial charge on any atom is 0.289 e. The van der Waals surface area contributed by atoms with E-state index in [2.05, 4.69) is 10.3 Å². The van der Waals surface area contributed by atoms with E-state index >= 15 is 0 Å². The Morgan fingerprint density at radius 1 is 1.19 bits per heavy atom. The molecule has 0 spiro atoms. The lowest BCUT2D eigenvalue weighted by Crippen LogP contribution is -2.28. The molecule has 0 radical (unpaired) electrons. The second kappa shape index (κ2) is 7.53. The zero-order valence-electron chi connectivity index (χ0n) is 14.3. The first kappa shape index (κ1) is 16.5. The number of ether oxygens (including phenoxy) is 1. The predicted octanol–water partition coefficient (Wildman–Crippen LogP) is 2.68. The Bertz CT molecular complexity index is 845. The van der Waals surface area contributed by atoms with Crippen LogP contribution in [0.25, 0.3) is 0 Å². The van der Waals surface area contributed by atoms with E-state index in [1.165, 1.54) is 6.26 Å². The highest BCUT2D eigenvalue weighted by molar-refractivity contribution is 5.91. The van der Waals surface area contributed by atoms with Crippen molar-refractivity contribution in [2.24, 2.45) is 0 Å². The van der Waals surface area contributed by atoms with Gasteiger partial charge in [0, 0.05) is 13.1 Å². The standard InChI is InChI=1S/C19H20N4O3/c24-19(18-7-4-10-26-18)22-9-8-17(12-22)23-11-16(20-21-23)14-25-13-15-5-2-1-3-6-15/h1-7,10-11,17H,8-9,12-14H2. The molecular weight excluding hydrogens is 332 g/mol. The number of hydrogen-bond acceptors (Lipinski definition) is 5. The van der Waals surface area contributed by atoms with Gasteiger partial charge in [-0.05, 0) is 24.1 Å². The Balaban J connectivity index is 1.30. The van der Waals surface area contributed by atoms with E-state index in [0.29, 0.717) is 32.1 Å². The zero-order valence-corrected chi connectivity index (χ0v) is 14.3. The lowest BCUT2D eigenvalue weighted by Gasteiger charge is -2.14. The topological polar surface area (TPSA) is 73.4 Å². The van der Waals surface area contributed by atoms with Crippen LogP contribution in [0.15, 0.2) is 59.3 Å². The number of carbonyl (C=O) groups excluding carboxylic acids is 1. The molecule has 0 N–H and O–H groups in total. The molecule has 3 heterocycles. The van der Waals surface area contributed by atoms with Crippen molar-refractivity contribution in [3.63, 3.8) is 0 Å². The first-order valence-electron chi connectivity index (χ1n) is 8.65. The number of aromatic nitrogens is 3. The summed E-state index contributed by atoms with van der Waals surface area (Å²) in [6.45, 7) is 2.25. The second-order valence-electron chi connectivity index (χ2n) is 6.34. The Hall–Kier alpha value is -2.93. The van der Waals surface area contributed by atoms with Gasteiger partial charge in [-0.2, -0.15) is 0 Å². The fourth-order valence-corrected chi connectivity index (χ4v) is 3.10. The monoisotopic (exact) mass is 352 g/mol. The predicted molar refractivity (Wildman–Crippen MR) is 93.2 cm³/mol. The number of furan rings is 1. The van der Waals surface area contributed by atoms with Crippen molar-refractivity contribution >= 4 is 5.91 Å². The molecular formula is C19H20N4O3. The second-order valence-corrected chi connectivity index (χ2v) is 6.34. The molecule has 7 heteroatoms. The zero-order chi connectivity index (χ0) is 17.8. The molecule has 0 saturated carbocycles. The number of rotatable bonds is 6. The number of hydrogen-bond donors (Lipinski definition) is 0. The van der Waals surface area contributed by atoms with Crippen LogP contribution in [0, 0.1) is 0 Å². The fraction of sp³-hybridized carbons (Fsp3) is 0.316. The van der Waals surface area contributed by atoms with Crippen LogP contribution in [0.5, 0.6) is 0 Å². The maximum absolute atomic E-state index is 12.3. The molecule has 2 aromatic heterocycles. The van der Waals surface area contributed by atoms with Crippen molar-refractivity contribution in [1.29, 1.82) is 0 Å². The van der Waals surface area contributed by atoms with Crippen LogP contribution in [-0.4, -0.2) is 38.9 Å². The summed E-state index contributed by atoms with van der Waals surface area (Å²) < 4.78 is 12.7. The van der Waals surface area contributed by atoms with E-state index in [1.807, 2.05) is 41.2 Å². The summed E-state index contributed by atoms with van der Waals surface area (Å²) in [6.07, 6.45) is 4.26.